The second kappa shape index (κ2) is 7.74. The third-order valence-electron chi connectivity index (χ3n) is 6.22. The van der Waals surface area contributed by atoms with Crippen LogP contribution in [0.2, 0.25) is 0 Å². The fourth-order valence-electron chi connectivity index (χ4n) is 4.63. The van der Waals surface area contributed by atoms with Crippen LogP contribution in [0.25, 0.3) is 33.2 Å². The summed E-state index contributed by atoms with van der Waals surface area (Å²) in [5.41, 5.74) is 10.4. The van der Waals surface area contributed by atoms with Crippen molar-refractivity contribution in [3.8, 4) is 17.0 Å². The lowest BCUT2D eigenvalue weighted by atomic mass is 10.1. The first-order chi connectivity index (χ1) is 16.2. The highest BCUT2D eigenvalue weighted by Gasteiger charge is 2.20. The number of hydrogen-bond acceptors (Lipinski definition) is 7. The van der Waals surface area contributed by atoms with E-state index in [2.05, 4.69) is 33.1 Å². The molecule has 0 saturated carbocycles. The van der Waals surface area contributed by atoms with Gasteiger partial charge in [-0.3, -0.25) is 0 Å². The number of phenols is 1. The monoisotopic (exact) mass is 437 g/mol. The number of fused-ring (bicyclic) bond motifs is 2. The van der Waals surface area contributed by atoms with Crippen LogP contribution >= 0.6 is 0 Å². The van der Waals surface area contributed by atoms with Crippen molar-refractivity contribution in [2.24, 2.45) is 0 Å². The number of aromatic nitrogens is 5. The second-order valence-electron chi connectivity index (χ2n) is 8.36. The number of benzene rings is 2. The van der Waals surface area contributed by atoms with E-state index in [1.54, 1.807) is 18.2 Å². The number of pyridine rings is 1. The summed E-state index contributed by atoms with van der Waals surface area (Å²) in [6.07, 6.45) is 3.84. The van der Waals surface area contributed by atoms with E-state index in [1.165, 1.54) is 19.2 Å². The fourth-order valence-corrected chi connectivity index (χ4v) is 4.63. The molecule has 0 atom stereocenters. The van der Waals surface area contributed by atoms with Gasteiger partial charge in [0.05, 0.1) is 17.4 Å². The van der Waals surface area contributed by atoms with Gasteiger partial charge in [-0.1, -0.05) is 30.3 Å². The molecule has 8 heteroatoms. The van der Waals surface area contributed by atoms with Crippen LogP contribution in [-0.2, 0) is 6.54 Å². The van der Waals surface area contributed by atoms with E-state index >= 15 is 0 Å². The first-order valence-corrected chi connectivity index (χ1v) is 11.1. The highest BCUT2D eigenvalue weighted by Crippen LogP contribution is 2.33. The molecule has 1 saturated heterocycles. The Balaban J connectivity index is 1.52. The number of nitrogens with two attached hydrogens (primary N) is 1. The Hall–Kier alpha value is -4.20. The molecule has 0 bridgehead atoms. The molecule has 3 aromatic heterocycles. The van der Waals surface area contributed by atoms with E-state index in [0.29, 0.717) is 29.1 Å². The van der Waals surface area contributed by atoms with Gasteiger partial charge in [0.2, 0.25) is 0 Å². The van der Waals surface area contributed by atoms with Crippen molar-refractivity contribution in [2.75, 3.05) is 23.7 Å². The van der Waals surface area contributed by atoms with E-state index in [1.807, 2.05) is 22.9 Å². The molecule has 2 aromatic carbocycles. The molecule has 3 N–H and O–H groups in total. The summed E-state index contributed by atoms with van der Waals surface area (Å²) >= 11 is 0. The lowest BCUT2D eigenvalue weighted by Crippen LogP contribution is -2.19. The number of phenolic OH excluding ortho intramolecular Hbond substituents is 1. The standard InChI is InChI=1S/C25H23N7O/c26-24-22-23(16-6-5-7-18(33)12-16)30-32(25(22)28-15-27-24)14-17-13-21(31-10-3-4-11-31)29-20-9-2-1-8-19(17)20/h1-2,5-9,12-13,15,33H,3-4,10-11,14H2,(H2,26,27,28). The van der Waals surface area contributed by atoms with Crippen LogP contribution in [0, 0.1) is 0 Å². The molecular formula is C25H23N7O. The highest BCUT2D eigenvalue weighted by atomic mass is 16.3. The number of aromatic hydroxyl groups is 1. The molecule has 0 amide bonds. The summed E-state index contributed by atoms with van der Waals surface area (Å²) in [7, 11) is 0. The maximum atomic E-state index is 10.0. The summed E-state index contributed by atoms with van der Waals surface area (Å²) in [5.74, 6) is 1.53. The van der Waals surface area contributed by atoms with Gasteiger partial charge < -0.3 is 15.7 Å². The van der Waals surface area contributed by atoms with Crippen LogP contribution in [-0.4, -0.2) is 42.9 Å². The smallest absolute Gasteiger partial charge is 0.164 e. The zero-order valence-electron chi connectivity index (χ0n) is 18.0. The van der Waals surface area contributed by atoms with Crippen molar-refractivity contribution in [3.05, 3.63) is 66.5 Å². The van der Waals surface area contributed by atoms with Gasteiger partial charge in [0.25, 0.3) is 0 Å². The van der Waals surface area contributed by atoms with E-state index in [9.17, 15) is 5.11 Å². The van der Waals surface area contributed by atoms with Gasteiger partial charge in [0.15, 0.2) is 5.65 Å². The quantitative estimate of drug-likeness (QED) is 0.438. The molecule has 164 valence electrons. The molecule has 5 aromatic rings. The minimum Gasteiger partial charge on any atom is -0.508 e. The van der Waals surface area contributed by atoms with Crippen molar-refractivity contribution >= 4 is 33.6 Å². The van der Waals surface area contributed by atoms with E-state index < -0.39 is 0 Å². The number of para-hydroxylation sites is 1. The first-order valence-electron chi connectivity index (χ1n) is 11.1. The van der Waals surface area contributed by atoms with Crippen molar-refractivity contribution < 1.29 is 5.11 Å². The molecule has 1 aliphatic heterocycles. The van der Waals surface area contributed by atoms with Crippen LogP contribution in [0.1, 0.15) is 18.4 Å². The van der Waals surface area contributed by atoms with Gasteiger partial charge in [-0.2, -0.15) is 5.10 Å². The SMILES string of the molecule is Nc1ncnc2c1c(-c1cccc(O)c1)nn2Cc1cc(N2CCCC2)nc2ccccc12. The van der Waals surface area contributed by atoms with Gasteiger partial charge >= 0.3 is 0 Å². The minimum atomic E-state index is 0.168. The average molecular weight is 438 g/mol. The fraction of sp³-hybridized carbons (Fsp3) is 0.200. The number of nitrogens with zero attached hydrogens (tertiary/aromatic N) is 6. The largest absolute Gasteiger partial charge is 0.508 e. The molecule has 6 rings (SSSR count). The average Bonchev–Trinajstić information content (AvgIpc) is 3.49. The molecule has 0 radical (unpaired) electrons. The van der Waals surface area contributed by atoms with Crippen molar-refractivity contribution in [3.63, 3.8) is 0 Å². The Morgan fingerprint density at radius 1 is 0.970 bits per heavy atom. The van der Waals surface area contributed by atoms with Crippen molar-refractivity contribution in [1.82, 2.24) is 24.7 Å². The summed E-state index contributed by atoms with van der Waals surface area (Å²) in [4.78, 5) is 16.0. The molecule has 4 heterocycles. The van der Waals surface area contributed by atoms with Crippen LogP contribution in [0.3, 0.4) is 0 Å². The maximum Gasteiger partial charge on any atom is 0.164 e. The predicted octanol–water partition coefficient (Wildman–Crippen LogP) is 3.98. The van der Waals surface area contributed by atoms with E-state index in [-0.39, 0.29) is 5.75 Å². The molecule has 0 aliphatic carbocycles. The second-order valence-corrected chi connectivity index (χ2v) is 8.36. The summed E-state index contributed by atoms with van der Waals surface area (Å²) in [6.45, 7) is 2.57. The molecule has 1 aliphatic rings. The topological polar surface area (TPSA) is 106 Å². The van der Waals surface area contributed by atoms with E-state index in [0.717, 1.165) is 40.9 Å². The summed E-state index contributed by atoms with van der Waals surface area (Å²) < 4.78 is 1.86. The Morgan fingerprint density at radius 2 is 1.82 bits per heavy atom. The molecule has 8 nitrogen and oxygen atoms in total. The molecular weight excluding hydrogens is 414 g/mol. The summed E-state index contributed by atoms with van der Waals surface area (Å²) in [6, 6.07) is 17.3. The third-order valence-corrected chi connectivity index (χ3v) is 6.22. The molecule has 1 fully saturated rings. The number of nitrogen functional groups attached to an aromatic ring is 1. The van der Waals surface area contributed by atoms with Gasteiger partial charge in [-0.25, -0.2) is 19.6 Å². The lowest BCUT2D eigenvalue weighted by Gasteiger charge is -2.19. The Bertz CT molecular complexity index is 1490. The summed E-state index contributed by atoms with van der Waals surface area (Å²) in [5, 5.41) is 16.7. The van der Waals surface area contributed by atoms with Gasteiger partial charge in [0, 0.05) is 24.0 Å². The Morgan fingerprint density at radius 3 is 2.67 bits per heavy atom. The third kappa shape index (κ3) is 3.40. The van der Waals surface area contributed by atoms with Crippen LogP contribution < -0.4 is 10.6 Å². The zero-order chi connectivity index (χ0) is 22.4. The highest BCUT2D eigenvalue weighted by molar-refractivity contribution is 5.98. The zero-order valence-corrected chi connectivity index (χ0v) is 18.0. The van der Waals surface area contributed by atoms with Gasteiger partial charge in [-0.15, -0.1) is 0 Å². The van der Waals surface area contributed by atoms with E-state index in [4.69, 9.17) is 15.8 Å². The first kappa shape index (κ1) is 19.5. The van der Waals surface area contributed by atoms with Crippen molar-refractivity contribution in [1.29, 1.82) is 0 Å². The predicted molar refractivity (Wildman–Crippen MR) is 129 cm³/mol. The van der Waals surface area contributed by atoms with Crippen LogP contribution in [0.5, 0.6) is 5.75 Å². The minimum absolute atomic E-state index is 0.168. The van der Waals surface area contributed by atoms with Crippen LogP contribution in [0.15, 0.2) is 60.9 Å². The molecule has 33 heavy (non-hydrogen) atoms. The number of anilines is 2. The van der Waals surface area contributed by atoms with Crippen molar-refractivity contribution in [2.45, 2.75) is 19.4 Å². The van der Waals surface area contributed by atoms with Crippen LogP contribution in [0.4, 0.5) is 11.6 Å². The Labute approximate surface area is 190 Å². The lowest BCUT2D eigenvalue weighted by molar-refractivity contribution is 0.475. The van der Waals surface area contributed by atoms with Gasteiger partial charge in [0.1, 0.15) is 29.4 Å². The maximum absolute atomic E-state index is 10.0. The molecule has 0 spiro atoms. The molecule has 0 unspecified atom stereocenters. The number of hydrogen-bond donors (Lipinski definition) is 2. The van der Waals surface area contributed by atoms with Gasteiger partial charge in [-0.05, 0) is 42.7 Å². The normalized spacial score (nSPS) is 13.9. The number of rotatable bonds is 4. The Kier molecular flexibility index (Phi) is 4.57.